The molecule has 0 saturated carbocycles. The zero-order chi connectivity index (χ0) is 16.7. The first-order valence-corrected chi connectivity index (χ1v) is 6.02. The number of amides is 1. The van der Waals surface area contributed by atoms with Gasteiger partial charge in [-0.05, 0) is 12.1 Å². The van der Waals surface area contributed by atoms with E-state index in [2.05, 4.69) is 15.3 Å². The predicted molar refractivity (Wildman–Crippen MR) is 68.6 cm³/mol. The molecule has 0 saturated heterocycles. The second-order valence-corrected chi connectivity index (χ2v) is 4.56. The molecule has 1 aliphatic rings. The molecule has 1 heterocycles. The summed E-state index contributed by atoms with van der Waals surface area (Å²) in [5.74, 6) is -3.37. The third-order valence-electron chi connectivity index (χ3n) is 2.61. The van der Waals surface area contributed by atoms with Gasteiger partial charge in [0.1, 0.15) is 0 Å². The standard InChI is InChI=1S/C12H6ClF3N2O4/c1-4(19)22-18-9-10(20)7-6(17-11(9)21)3-2-5(13)8(7)12(14,15)16/h2-3H,1H3,(H,17,21). The molecule has 1 aliphatic heterocycles. The molecule has 22 heavy (non-hydrogen) atoms. The first-order chi connectivity index (χ1) is 10.1. The Hall–Kier alpha value is -2.42. The van der Waals surface area contributed by atoms with E-state index in [1.54, 1.807) is 0 Å². The maximum Gasteiger partial charge on any atom is 0.418 e. The maximum atomic E-state index is 13.1. The molecule has 116 valence electrons. The Kier molecular flexibility index (Phi) is 3.92. The quantitative estimate of drug-likeness (QED) is 0.631. The minimum Gasteiger partial charge on any atom is -0.320 e. The molecule has 0 aliphatic carbocycles. The molecule has 6 nitrogen and oxygen atoms in total. The summed E-state index contributed by atoms with van der Waals surface area (Å²) in [6.07, 6.45) is -4.92. The molecule has 0 bridgehead atoms. The van der Waals surface area contributed by atoms with Gasteiger partial charge in [-0.25, -0.2) is 4.79 Å². The van der Waals surface area contributed by atoms with Crippen LogP contribution < -0.4 is 5.32 Å². The highest BCUT2D eigenvalue weighted by Crippen LogP contribution is 2.41. The highest BCUT2D eigenvalue weighted by atomic mass is 35.5. The van der Waals surface area contributed by atoms with E-state index in [-0.39, 0.29) is 5.69 Å². The van der Waals surface area contributed by atoms with Gasteiger partial charge in [-0.2, -0.15) is 13.2 Å². The Bertz CT molecular complexity index is 728. The van der Waals surface area contributed by atoms with E-state index in [0.29, 0.717) is 0 Å². The molecule has 0 unspecified atom stereocenters. The fraction of sp³-hybridized carbons (Fsp3) is 0.167. The van der Waals surface area contributed by atoms with Crippen LogP contribution in [0.3, 0.4) is 0 Å². The number of hydrogen-bond donors (Lipinski definition) is 1. The number of Topliss-reactive ketones (excluding diaryl/α,β-unsaturated/α-hetero) is 1. The van der Waals surface area contributed by atoms with E-state index >= 15 is 0 Å². The number of nitrogens with one attached hydrogen (secondary N) is 1. The summed E-state index contributed by atoms with van der Waals surface area (Å²) in [5, 5.41) is 4.35. The van der Waals surface area contributed by atoms with E-state index in [0.717, 1.165) is 19.1 Å². The summed E-state index contributed by atoms with van der Waals surface area (Å²) < 4.78 is 39.2. The molecule has 1 N–H and O–H groups in total. The van der Waals surface area contributed by atoms with Crippen molar-refractivity contribution in [2.75, 3.05) is 5.32 Å². The first-order valence-electron chi connectivity index (χ1n) is 5.64. The van der Waals surface area contributed by atoms with E-state index < -0.39 is 45.7 Å². The third kappa shape index (κ3) is 2.80. The summed E-state index contributed by atoms with van der Waals surface area (Å²) >= 11 is 5.51. The second-order valence-electron chi connectivity index (χ2n) is 4.15. The SMILES string of the molecule is CC(=O)ON=C1C(=O)Nc2ccc(Cl)c(C(F)(F)F)c2C1=O. The number of alkyl halides is 3. The number of rotatable bonds is 1. The van der Waals surface area contributed by atoms with Gasteiger partial charge in [0.15, 0.2) is 0 Å². The summed E-state index contributed by atoms with van der Waals surface area (Å²) in [7, 11) is 0. The van der Waals surface area contributed by atoms with Crippen molar-refractivity contribution in [1.29, 1.82) is 0 Å². The van der Waals surface area contributed by atoms with Gasteiger partial charge < -0.3 is 10.2 Å². The Labute approximate surface area is 125 Å². The number of anilines is 1. The van der Waals surface area contributed by atoms with Gasteiger partial charge in [0.2, 0.25) is 11.5 Å². The van der Waals surface area contributed by atoms with Crippen LogP contribution in [-0.2, 0) is 20.6 Å². The van der Waals surface area contributed by atoms with Crippen LogP contribution in [0.1, 0.15) is 22.8 Å². The fourth-order valence-electron chi connectivity index (χ4n) is 1.79. The van der Waals surface area contributed by atoms with E-state index in [1.165, 1.54) is 0 Å². The largest absolute Gasteiger partial charge is 0.418 e. The lowest BCUT2D eigenvalue weighted by Gasteiger charge is -2.21. The summed E-state index contributed by atoms with van der Waals surface area (Å²) in [6.45, 7) is 0.946. The average Bonchev–Trinajstić information content (AvgIpc) is 2.37. The molecule has 1 aromatic carbocycles. The minimum atomic E-state index is -4.92. The normalized spacial score (nSPS) is 16.3. The van der Waals surface area contributed by atoms with Crippen LogP contribution >= 0.6 is 11.6 Å². The number of ketones is 1. The topological polar surface area (TPSA) is 84.8 Å². The molecular formula is C12H6ClF3N2O4. The van der Waals surface area contributed by atoms with E-state index in [1.807, 2.05) is 0 Å². The highest BCUT2D eigenvalue weighted by molar-refractivity contribution is 6.73. The van der Waals surface area contributed by atoms with Crippen molar-refractivity contribution in [3.8, 4) is 0 Å². The van der Waals surface area contributed by atoms with Crippen LogP contribution in [0, 0.1) is 0 Å². The van der Waals surface area contributed by atoms with Crippen LogP contribution in [0.4, 0.5) is 18.9 Å². The zero-order valence-electron chi connectivity index (χ0n) is 10.7. The van der Waals surface area contributed by atoms with Gasteiger partial charge >= 0.3 is 12.1 Å². The fourth-order valence-corrected chi connectivity index (χ4v) is 2.05. The number of carbonyl (C=O) groups is 3. The van der Waals surface area contributed by atoms with Gasteiger partial charge in [0, 0.05) is 6.92 Å². The lowest BCUT2D eigenvalue weighted by Crippen LogP contribution is -2.37. The zero-order valence-corrected chi connectivity index (χ0v) is 11.5. The van der Waals surface area contributed by atoms with Crippen LogP contribution in [0.15, 0.2) is 17.3 Å². The van der Waals surface area contributed by atoms with Gasteiger partial charge in [-0.15, -0.1) is 0 Å². The summed E-state index contributed by atoms with van der Waals surface area (Å²) in [4.78, 5) is 38.6. The maximum absolute atomic E-state index is 13.1. The van der Waals surface area contributed by atoms with Crippen molar-refractivity contribution in [3.63, 3.8) is 0 Å². The molecule has 0 atom stereocenters. The Morgan fingerprint density at radius 2 is 1.95 bits per heavy atom. The van der Waals surface area contributed by atoms with Crippen LogP contribution in [0.5, 0.6) is 0 Å². The van der Waals surface area contributed by atoms with Gasteiger partial charge in [-0.3, -0.25) is 9.59 Å². The van der Waals surface area contributed by atoms with Crippen LogP contribution in [0.25, 0.3) is 0 Å². The third-order valence-corrected chi connectivity index (χ3v) is 2.92. The Morgan fingerprint density at radius 3 is 2.50 bits per heavy atom. The summed E-state index contributed by atoms with van der Waals surface area (Å²) in [6, 6.07) is 1.97. The number of fused-ring (bicyclic) bond motifs is 1. The number of hydrogen-bond acceptors (Lipinski definition) is 5. The average molecular weight is 335 g/mol. The Morgan fingerprint density at radius 1 is 1.32 bits per heavy atom. The monoisotopic (exact) mass is 334 g/mol. The number of benzene rings is 1. The van der Waals surface area contributed by atoms with E-state index in [4.69, 9.17) is 11.6 Å². The predicted octanol–water partition coefficient (Wildman–Crippen LogP) is 2.41. The van der Waals surface area contributed by atoms with Gasteiger partial charge in [0.25, 0.3) is 5.91 Å². The molecule has 0 radical (unpaired) electrons. The van der Waals surface area contributed by atoms with Gasteiger partial charge in [-0.1, -0.05) is 16.8 Å². The van der Waals surface area contributed by atoms with Crippen LogP contribution in [-0.4, -0.2) is 23.4 Å². The van der Waals surface area contributed by atoms with Gasteiger partial charge in [0.05, 0.1) is 21.8 Å². The molecule has 1 amide bonds. The van der Waals surface area contributed by atoms with Crippen molar-refractivity contribution < 1.29 is 32.4 Å². The number of oxime groups is 1. The molecule has 2 rings (SSSR count). The smallest absolute Gasteiger partial charge is 0.320 e. The van der Waals surface area contributed by atoms with Crippen molar-refractivity contribution in [3.05, 3.63) is 28.3 Å². The number of nitrogens with zero attached hydrogens (tertiary/aromatic N) is 1. The first kappa shape index (κ1) is 16.0. The van der Waals surface area contributed by atoms with Crippen LogP contribution in [0.2, 0.25) is 5.02 Å². The molecule has 1 aromatic rings. The number of halogens is 4. The lowest BCUT2D eigenvalue weighted by atomic mass is 9.94. The molecule has 0 spiro atoms. The van der Waals surface area contributed by atoms with Crippen molar-refractivity contribution >= 4 is 40.7 Å². The highest BCUT2D eigenvalue weighted by Gasteiger charge is 2.43. The van der Waals surface area contributed by atoms with Crippen molar-refractivity contribution in [2.45, 2.75) is 13.1 Å². The molecule has 0 fully saturated rings. The van der Waals surface area contributed by atoms with Crippen molar-refractivity contribution in [1.82, 2.24) is 0 Å². The van der Waals surface area contributed by atoms with Crippen molar-refractivity contribution in [2.24, 2.45) is 5.16 Å². The molecule has 0 aromatic heterocycles. The second kappa shape index (κ2) is 5.41. The Balaban J connectivity index is 2.65. The lowest BCUT2D eigenvalue weighted by molar-refractivity contribution is -0.141. The molecular weight excluding hydrogens is 329 g/mol. The molecule has 10 heteroatoms. The minimum absolute atomic E-state index is 0.353. The summed E-state index contributed by atoms with van der Waals surface area (Å²) in [5.41, 5.74) is -3.58. The number of carbonyl (C=O) groups excluding carboxylic acids is 3. The van der Waals surface area contributed by atoms with E-state index in [9.17, 15) is 27.6 Å².